The van der Waals surface area contributed by atoms with Crippen molar-refractivity contribution >= 4 is 35.6 Å². The van der Waals surface area contributed by atoms with Crippen LogP contribution in [0, 0.1) is 0 Å². The zero-order valence-electron chi connectivity index (χ0n) is 15.2. The summed E-state index contributed by atoms with van der Waals surface area (Å²) in [6, 6.07) is 9.22. The molecule has 0 bridgehead atoms. The van der Waals surface area contributed by atoms with E-state index in [0.29, 0.717) is 37.1 Å². The first kappa shape index (κ1) is 21.8. The predicted molar refractivity (Wildman–Crippen MR) is 114 cm³/mol. The van der Waals surface area contributed by atoms with Gasteiger partial charge in [-0.25, -0.2) is 9.98 Å². The van der Waals surface area contributed by atoms with Gasteiger partial charge in [-0.15, -0.1) is 24.0 Å². The van der Waals surface area contributed by atoms with Gasteiger partial charge >= 0.3 is 0 Å². The molecule has 0 atom stereocenters. The maximum Gasteiger partial charge on any atom is 0.213 e. The molecule has 3 N–H and O–H groups in total. The molecule has 142 valence electrons. The van der Waals surface area contributed by atoms with Gasteiger partial charge in [0, 0.05) is 18.3 Å². The van der Waals surface area contributed by atoms with Crippen LogP contribution in [0.15, 0.2) is 41.5 Å². The van der Waals surface area contributed by atoms with Gasteiger partial charge in [0.25, 0.3) is 0 Å². The molecule has 8 heteroatoms. The Labute approximate surface area is 171 Å². The molecule has 1 heterocycles. The van der Waals surface area contributed by atoms with Gasteiger partial charge in [0.15, 0.2) is 5.96 Å². The average Bonchev–Trinajstić information content (AvgIpc) is 2.63. The molecule has 0 saturated carbocycles. The highest BCUT2D eigenvalue weighted by atomic mass is 127. The standard InChI is InChI=1S/C18H24N4O3.HI/c1-4-24-14-6-7-16(25-5-2)15(11-14)22-18(19)21-12-13-8-9-20-17(10-13)23-3;/h6-11H,4-5,12H2,1-3H3,(H3,19,21,22);1H. The van der Waals surface area contributed by atoms with E-state index >= 15 is 0 Å². The number of guanidine groups is 1. The molecule has 26 heavy (non-hydrogen) atoms. The van der Waals surface area contributed by atoms with Gasteiger partial charge in [-0.3, -0.25) is 0 Å². The van der Waals surface area contributed by atoms with Crippen molar-refractivity contribution in [1.82, 2.24) is 4.98 Å². The van der Waals surface area contributed by atoms with Crippen LogP contribution in [0.2, 0.25) is 0 Å². The van der Waals surface area contributed by atoms with Crippen molar-refractivity contribution in [3.05, 3.63) is 42.1 Å². The first-order chi connectivity index (χ1) is 12.2. The van der Waals surface area contributed by atoms with Gasteiger partial charge in [-0.2, -0.15) is 0 Å². The van der Waals surface area contributed by atoms with Gasteiger partial charge in [-0.1, -0.05) is 0 Å². The van der Waals surface area contributed by atoms with E-state index in [4.69, 9.17) is 19.9 Å². The van der Waals surface area contributed by atoms with E-state index in [2.05, 4.69) is 15.3 Å². The van der Waals surface area contributed by atoms with Gasteiger partial charge < -0.3 is 25.3 Å². The van der Waals surface area contributed by atoms with Crippen LogP contribution in [0.1, 0.15) is 19.4 Å². The molecule has 7 nitrogen and oxygen atoms in total. The first-order valence-corrected chi connectivity index (χ1v) is 8.11. The molecular weight excluding hydrogens is 447 g/mol. The smallest absolute Gasteiger partial charge is 0.213 e. The molecule has 0 amide bonds. The molecule has 2 rings (SSSR count). The highest BCUT2D eigenvalue weighted by molar-refractivity contribution is 14.0. The molecular formula is C18H25IN4O3. The quantitative estimate of drug-likeness (QED) is 0.348. The number of benzene rings is 1. The van der Waals surface area contributed by atoms with Gasteiger partial charge in [0.05, 0.1) is 32.6 Å². The fourth-order valence-electron chi connectivity index (χ4n) is 2.16. The van der Waals surface area contributed by atoms with E-state index in [0.717, 1.165) is 11.3 Å². The third-order valence-electron chi connectivity index (χ3n) is 3.26. The van der Waals surface area contributed by atoms with E-state index < -0.39 is 0 Å². The number of anilines is 1. The molecule has 0 radical (unpaired) electrons. The van der Waals surface area contributed by atoms with Crippen LogP contribution in [0.3, 0.4) is 0 Å². The summed E-state index contributed by atoms with van der Waals surface area (Å²) < 4.78 is 16.2. The minimum Gasteiger partial charge on any atom is -0.494 e. The minimum absolute atomic E-state index is 0. The van der Waals surface area contributed by atoms with Gasteiger partial charge in [-0.05, 0) is 37.6 Å². The van der Waals surface area contributed by atoms with E-state index in [1.807, 2.05) is 44.2 Å². The predicted octanol–water partition coefficient (Wildman–Crippen LogP) is 3.43. The lowest BCUT2D eigenvalue weighted by Crippen LogP contribution is -2.23. The highest BCUT2D eigenvalue weighted by Gasteiger charge is 2.07. The lowest BCUT2D eigenvalue weighted by Gasteiger charge is -2.14. The molecule has 1 aromatic heterocycles. The molecule has 2 aromatic rings. The number of nitrogens with two attached hydrogens (primary N) is 1. The van der Waals surface area contributed by atoms with Crippen molar-refractivity contribution in [1.29, 1.82) is 0 Å². The fraction of sp³-hybridized carbons (Fsp3) is 0.333. The maximum atomic E-state index is 6.01. The lowest BCUT2D eigenvalue weighted by atomic mass is 10.2. The van der Waals surface area contributed by atoms with E-state index in [9.17, 15) is 0 Å². The molecule has 0 saturated heterocycles. The van der Waals surface area contributed by atoms with Crippen molar-refractivity contribution in [2.75, 3.05) is 25.6 Å². The number of ether oxygens (including phenoxy) is 3. The first-order valence-electron chi connectivity index (χ1n) is 8.11. The molecule has 0 aliphatic carbocycles. The Kier molecular flexibility index (Phi) is 9.56. The Morgan fingerprint density at radius 2 is 1.92 bits per heavy atom. The number of nitrogens with zero attached hydrogens (tertiary/aromatic N) is 2. The van der Waals surface area contributed by atoms with Crippen LogP contribution in [0.4, 0.5) is 5.69 Å². The highest BCUT2D eigenvalue weighted by Crippen LogP contribution is 2.29. The van der Waals surface area contributed by atoms with Crippen molar-refractivity contribution in [3.8, 4) is 17.4 Å². The monoisotopic (exact) mass is 472 g/mol. The minimum atomic E-state index is 0. The summed E-state index contributed by atoms with van der Waals surface area (Å²) in [5.41, 5.74) is 7.67. The summed E-state index contributed by atoms with van der Waals surface area (Å²) in [5.74, 6) is 2.25. The fourth-order valence-corrected chi connectivity index (χ4v) is 2.16. The zero-order chi connectivity index (χ0) is 18.1. The second-order valence-electron chi connectivity index (χ2n) is 5.06. The summed E-state index contributed by atoms with van der Waals surface area (Å²) in [6.45, 7) is 5.40. The van der Waals surface area contributed by atoms with E-state index in [-0.39, 0.29) is 29.9 Å². The average molecular weight is 472 g/mol. The van der Waals surface area contributed by atoms with Crippen molar-refractivity contribution in [2.45, 2.75) is 20.4 Å². The van der Waals surface area contributed by atoms with Crippen LogP contribution in [0.25, 0.3) is 0 Å². The summed E-state index contributed by atoms with van der Waals surface area (Å²) >= 11 is 0. The number of aliphatic imine (C=N–C) groups is 1. The largest absolute Gasteiger partial charge is 0.494 e. The van der Waals surface area contributed by atoms with Crippen molar-refractivity contribution < 1.29 is 14.2 Å². The van der Waals surface area contributed by atoms with Crippen molar-refractivity contribution in [3.63, 3.8) is 0 Å². The number of aromatic nitrogens is 1. The lowest BCUT2D eigenvalue weighted by molar-refractivity contribution is 0.332. The number of nitrogens with one attached hydrogen (secondary N) is 1. The molecule has 0 aliphatic heterocycles. The Balaban J connectivity index is 0.00000338. The maximum absolute atomic E-state index is 6.01. The summed E-state index contributed by atoms with van der Waals surface area (Å²) in [4.78, 5) is 8.41. The van der Waals surface area contributed by atoms with Crippen LogP contribution in [-0.2, 0) is 6.54 Å². The third kappa shape index (κ3) is 6.58. The number of hydrogen-bond donors (Lipinski definition) is 2. The molecule has 0 unspecified atom stereocenters. The zero-order valence-corrected chi connectivity index (χ0v) is 17.5. The van der Waals surface area contributed by atoms with Gasteiger partial charge in [0.2, 0.25) is 5.88 Å². The van der Waals surface area contributed by atoms with Crippen LogP contribution >= 0.6 is 24.0 Å². The number of pyridine rings is 1. The topological polar surface area (TPSA) is 91.0 Å². The van der Waals surface area contributed by atoms with Crippen LogP contribution < -0.4 is 25.3 Å². The molecule has 0 aliphatic rings. The summed E-state index contributed by atoms with van der Waals surface area (Å²) in [7, 11) is 1.58. The van der Waals surface area contributed by atoms with E-state index in [1.54, 1.807) is 13.3 Å². The van der Waals surface area contributed by atoms with E-state index in [1.165, 1.54) is 0 Å². The number of methoxy groups -OCH3 is 1. The Morgan fingerprint density at radius 3 is 2.62 bits per heavy atom. The molecule has 0 spiro atoms. The molecule has 0 fully saturated rings. The summed E-state index contributed by atoms with van der Waals surface area (Å²) in [5, 5.41) is 3.07. The Morgan fingerprint density at radius 1 is 1.15 bits per heavy atom. The number of rotatable bonds is 8. The van der Waals surface area contributed by atoms with Gasteiger partial charge in [0.1, 0.15) is 11.5 Å². The second-order valence-corrected chi connectivity index (χ2v) is 5.06. The number of hydrogen-bond acceptors (Lipinski definition) is 5. The second kappa shape index (κ2) is 11.4. The molecule has 1 aromatic carbocycles. The van der Waals surface area contributed by atoms with Crippen molar-refractivity contribution in [2.24, 2.45) is 10.7 Å². The van der Waals surface area contributed by atoms with Crippen LogP contribution in [0.5, 0.6) is 17.4 Å². The Bertz CT molecular complexity index is 725. The SMILES string of the molecule is CCOc1ccc(OCC)c(NC(N)=NCc2ccnc(OC)c2)c1.I. The number of halogens is 1. The normalized spacial score (nSPS) is 10.7. The summed E-state index contributed by atoms with van der Waals surface area (Å²) in [6.07, 6.45) is 1.67. The van der Waals surface area contributed by atoms with Crippen LogP contribution in [-0.4, -0.2) is 31.3 Å². The third-order valence-corrected chi connectivity index (χ3v) is 3.26. The Hall–Kier alpha value is -2.23.